The van der Waals surface area contributed by atoms with Gasteiger partial charge in [-0.25, -0.2) is 0 Å². The molecule has 0 saturated heterocycles. The first kappa shape index (κ1) is 14.9. The van der Waals surface area contributed by atoms with E-state index >= 15 is 0 Å². The normalized spacial score (nSPS) is 11.1. The third-order valence-electron chi connectivity index (χ3n) is 4.92. The summed E-state index contributed by atoms with van der Waals surface area (Å²) in [6.45, 7) is 0. The maximum atomic E-state index is 4.86. The fourth-order valence-electron chi connectivity index (χ4n) is 3.69. The van der Waals surface area contributed by atoms with Crippen LogP contribution < -0.4 is 0 Å². The van der Waals surface area contributed by atoms with E-state index < -0.39 is 0 Å². The van der Waals surface area contributed by atoms with E-state index in [0.717, 1.165) is 11.3 Å². The molecule has 0 fully saturated rings. The predicted octanol–water partition coefficient (Wildman–Crippen LogP) is 6.72. The smallest absolute Gasteiger partial charge is 0.0780 e. The van der Waals surface area contributed by atoms with E-state index in [9.17, 15) is 0 Å². The molecule has 0 bridgehead atoms. The standard InChI is InChI=1S/C25H17N/c1-2-10-19(11-3-1)25-23-15-7-6-14-22(23)24(17-26-25)21-16-8-12-18-9-4-5-13-20(18)21/h1-17H. The molecule has 0 amide bonds. The van der Waals surface area contributed by atoms with Gasteiger partial charge >= 0.3 is 0 Å². The molecule has 26 heavy (non-hydrogen) atoms. The van der Waals surface area contributed by atoms with Crippen LogP contribution in [0.1, 0.15) is 0 Å². The minimum atomic E-state index is 1.03. The number of pyridine rings is 1. The second kappa shape index (κ2) is 6.12. The Hall–Kier alpha value is -3.45. The molecule has 0 radical (unpaired) electrons. The lowest BCUT2D eigenvalue weighted by atomic mass is 9.94. The van der Waals surface area contributed by atoms with E-state index in [4.69, 9.17) is 4.98 Å². The Morgan fingerprint density at radius 2 is 1.12 bits per heavy atom. The van der Waals surface area contributed by atoms with Crippen LogP contribution in [0.3, 0.4) is 0 Å². The lowest BCUT2D eigenvalue weighted by Crippen LogP contribution is -1.90. The van der Waals surface area contributed by atoms with Crippen molar-refractivity contribution in [1.29, 1.82) is 0 Å². The summed E-state index contributed by atoms with van der Waals surface area (Å²) < 4.78 is 0. The van der Waals surface area contributed by atoms with Gasteiger partial charge < -0.3 is 0 Å². The van der Waals surface area contributed by atoms with Gasteiger partial charge in [0.2, 0.25) is 0 Å². The topological polar surface area (TPSA) is 12.9 Å². The van der Waals surface area contributed by atoms with Crippen molar-refractivity contribution in [2.75, 3.05) is 0 Å². The summed E-state index contributed by atoms with van der Waals surface area (Å²) in [4.78, 5) is 4.86. The van der Waals surface area contributed by atoms with E-state index in [0.29, 0.717) is 0 Å². The van der Waals surface area contributed by atoms with E-state index in [1.165, 1.54) is 32.7 Å². The Morgan fingerprint density at radius 3 is 1.96 bits per heavy atom. The Bertz CT molecular complexity index is 1220. The van der Waals surface area contributed by atoms with Gasteiger partial charge in [-0.05, 0) is 21.7 Å². The van der Waals surface area contributed by atoms with Crippen LogP contribution in [-0.4, -0.2) is 4.98 Å². The zero-order chi connectivity index (χ0) is 17.3. The first-order valence-electron chi connectivity index (χ1n) is 8.83. The maximum Gasteiger partial charge on any atom is 0.0780 e. The van der Waals surface area contributed by atoms with E-state index in [-0.39, 0.29) is 0 Å². The van der Waals surface area contributed by atoms with Gasteiger partial charge in [0.1, 0.15) is 0 Å². The lowest BCUT2D eigenvalue weighted by molar-refractivity contribution is 1.36. The Balaban J connectivity index is 1.83. The van der Waals surface area contributed by atoms with E-state index in [1.807, 2.05) is 12.3 Å². The molecule has 0 aliphatic heterocycles. The number of benzene rings is 4. The molecule has 5 rings (SSSR count). The molecule has 0 aliphatic carbocycles. The fourth-order valence-corrected chi connectivity index (χ4v) is 3.69. The molecule has 1 heteroatoms. The van der Waals surface area contributed by atoms with Crippen molar-refractivity contribution in [2.45, 2.75) is 0 Å². The Kier molecular flexibility index (Phi) is 3.50. The number of hydrogen-bond donors (Lipinski definition) is 0. The molecule has 0 atom stereocenters. The van der Waals surface area contributed by atoms with Gasteiger partial charge in [0.05, 0.1) is 5.69 Å². The lowest BCUT2D eigenvalue weighted by Gasteiger charge is -2.13. The molecule has 0 unspecified atom stereocenters. The van der Waals surface area contributed by atoms with E-state index in [1.54, 1.807) is 0 Å². The van der Waals surface area contributed by atoms with Crippen molar-refractivity contribution in [3.8, 4) is 22.4 Å². The number of nitrogens with zero attached hydrogens (tertiary/aromatic N) is 1. The molecule has 0 N–H and O–H groups in total. The van der Waals surface area contributed by atoms with Gasteiger partial charge in [-0.3, -0.25) is 4.98 Å². The largest absolute Gasteiger partial charge is 0.255 e. The summed E-state index contributed by atoms with van der Waals surface area (Å²) in [7, 11) is 0. The highest BCUT2D eigenvalue weighted by molar-refractivity contribution is 6.08. The predicted molar refractivity (Wildman–Crippen MR) is 110 cm³/mol. The molecular weight excluding hydrogens is 314 g/mol. The van der Waals surface area contributed by atoms with Crippen LogP contribution in [-0.2, 0) is 0 Å². The minimum Gasteiger partial charge on any atom is -0.255 e. The second-order valence-electron chi connectivity index (χ2n) is 6.46. The molecule has 0 aliphatic rings. The zero-order valence-corrected chi connectivity index (χ0v) is 14.3. The van der Waals surface area contributed by atoms with Crippen molar-refractivity contribution in [2.24, 2.45) is 0 Å². The highest BCUT2D eigenvalue weighted by Gasteiger charge is 2.12. The summed E-state index contributed by atoms with van der Waals surface area (Å²) in [5.74, 6) is 0. The van der Waals surface area contributed by atoms with Gasteiger partial charge in [0.15, 0.2) is 0 Å². The molecular formula is C25H17N. The number of fused-ring (bicyclic) bond motifs is 2. The van der Waals surface area contributed by atoms with Crippen LogP contribution in [0.4, 0.5) is 0 Å². The summed E-state index contributed by atoms with van der Waals surface area (Å²) in [6.07, 6.45) is 2.02. The van der Waals surface area contributed by atoms with Crippen LogP contribution in [0.25, 0.3) is 43.9 Å². The highest BCUT2D eigenvalue weighted by Crippen LogP contribution is 2.36. The second-order valence-corrected chi connectivity index (χ2v) is 6.46. The first-order chi connectivity index (χ1) is 12.9. The first-order valence-corrected chi connectivity index (χ1v) is 8.83. The van der Waals surface area contributed by atoms with Crippen molar-refractivity contribution < 1.29 is 0 Å². The van der Waals surface area contributed by atoms with Gasteiger partial charge in [-0.2, -0.15) is 0 Å². The van der Waals surface area contributed by atoms with E-state index in [2.05, 4.69) is 91.0 Å². The van der Waals surface area contributed by atoms with Crippen LogP contribution in [0.5, 0.6) is 0 Å². The van der Waals surface area contributed by atoms with Gasteiger partial charge in [-0.15, -0.1) is 0 Å². The quantitative estimate of drug-likeness (QED) is 0.350. The van der Waals surface area contributed by atoms with Gasteiger partial charge in [0, 0.05) is 22.7 Å². The van der Waals surface area contributed by atoms with Crippen LogP contribution in [0.15, 0.2) is 103 Å². The SMILES string of the molecule is c1ccc(-c2ncc(-c3cccc4ccccc34)c3ccccc23)cc1. The number of rotatable bonds is 2. The van der Waals surface area contributed by atoms with Crippen molar-refractivity contribution in [3.63, 3.8) is 0 Å². The third-order valence-corrected chi connectivity index (χ3v) is 4.92. The molecule has 1 aromatic heterocycles. The molecule has 0 spiro atoms. The number of aromatic nitrogens is 1. The highest BCUT2D eigenvalue weighted by atomic mass is 14.7. The van der Waals surface area contributed by atoms with Crippen molar-refractivity contribution in [3.05, 3.63) is 103 Å². The molecule has 0 saturated carbocycles. The third kappa shape index (κ3) is 2.37. The molecule has 122 valence electrons. The maximum absolute atomic E-state index is 4.86. The molecule has 5 aromatic rings. The zero-order valence-electron chi connectivity index (χ0n) is 14.3. The Labute approximate surface area is 152 Å². The monoisotopic (exact) mass is 331 g/mol. The van der Waals surface area contributed by atoms with Crippen LogP contribution in [0, 0.1) is 0 Å². The molecule has 1 heterocycles. The number of hydrogen-bond acceptors (Lipinski definition) is 1. The molecule has 4 aromatic carbocycles. The van der Waals surface area contributed by atoms with Crippen LogP contribution >= 0.6 is 0 Å². The summed E-state index contributed by atoms with van der Waals surface area (Å²) in [6, 6.07) is 33.9. The summed E-state index contributed by atoms with van der Waals surface area (Å²) >= 11 is 0. The summed E-state index contributed by atoms with van der Waals surface area (Å²) in [5.41, 5.74) is 4.59. The Morgan fingerprint density at radius 1 is 0.462 bits per heavy atom. The average molecular weight is 331 g/mol. The van der Waals surface area contributed by atoms with Crippen molar-refractivity contribution in [1.82, 2.24) is 4.98 Å². The average Bonchev–Trinajstić information content (AvgIpc) is 2.73. The van der Waals surface area contributed by atoms with Crippen LogP contribution in [0.2, 0.25) is 0 Å². The van der Waals surface area contributed by atoms with Crippen molar-refractivity contribution >= 4 is 21.5 Å². The fraction of sp³-hybridized carbons (Fsp3) is 0. The van der Waals surface area contributed by atoms with Gasteiger partial charge in [0.25, 0.3) is 0 Å². The molecule has 1 nitrogen and oxygen atoms in total. The summed E-state index contributed by atoms with van der Waals surface area (Å²) in [5, 5.41) is 4.93. The minimum absolute atomic E-state index is 1.03. The van der Waals surface area contributed by atoms with Gasteiger partial charge in [-0.1, -0.05) is 97.1 Å².